The zero-order valence-electron chi connectivity index (χ0n) is 18.9. The maximum atomic E-state index is 12.1. The summed E-state index contributed by atoms with van der Waals surface area (Å²) in [6, 6.07) is 6.45. The molecule has 0 aromatic heterocycles. The largest absolute Gasteiger partial charge is 0.350 e. The van der Waals surface area contributed by atoms with Crippen molar-refractivity contribution in [2.75, 3.05) is 32.4 Å². The van der Waals surface area contributed by atoms with Gasteiger partial charge in [0.25, 0.3) is 15.8 Å². The first-order valence-corrected chi connectivity index (χ1v) is 11.7. The molecule has 0 aliphatic heterocycles. The van der Waals surface area contributed by atoms with Gasteiger partial charge in [-0.15, -0.1) is 5.92 Å². The third-order valence-electron chi connectivity index (χ3n) is 4.68. The molecule has 1 atom stereocenters. The zero-order valence-corrected chi connectivity index (χ0v) is 19.7. The number of amides is 1. The third-order valence-corrected chi connectivity index (χ3v) is 5.76. The summed E-state index contributed by atoms with van der Waals surface area (Å²) >= 11 is 0. The number of nitrogens with one attached hydrogen (secondary N) is 2. The van der Waals surface area contributed by atoms with E-state index in [-0.39, 0.29) is 24.1 Å². The summed E-state index contributed by atoms with van der Waals surface area (Å²) in [6.07, 6.45) is 0.776. The minimum absolute atomic E-state index is 0.0383. The number of non-ortho nitro benzene ring substituents is 1. The summed E-state index contributed by atoms with van der Waals surface area (Å²) in [5, 5.41) is 16.7. The van der Waals surface area contributed by atoms with Crippen molar-refractivity contribution in [3.63, 3.8) is 0 Å². The van der Waals surface area contributed by atoms with E-state index in [1.165, 1.54) is 26.0 Å². The van der Waals surface area contributed by atoms with E-state index in [4.69, 9.17) is 4.55 Å². The minimum Gasteiger partial charge on any atom is -0.350 e. The monoisotopic (exact) mass is 468 g/mol. The van der Waals surface area contributed by atoms with Crippen LogP contribution in [0.2, 0.25) is 0 Å². The van der Waals surface area contributed by atoms with Crippen LogP contribution >= 0.6 is 0 Å². The van der Waals surface area contributed by atoms with Gasteiger partial charge < -0.3 is 10.6 Å². The number of hydrogen-bond donors (Lipinski definition) is 3. The van der Waals surface area contributed by atoms with Crippen molar-refractivity contribution in [2.45, 2.75) is 45.2 Å². The Morgan fingerprint density at radius 3 is 2.47 bits per heavy atom. The lowest BCUT2D eigenvalue weighted by Crippen LogP contribution is -2.49. The third kappa shape index (κ3) is 11.2. The molecule has 0 aliphatic rings. The maximum Gasteiger partial charge on any atom is 0.269 e. The molecular formula is C21H32N4O6S. The molecule has 178 valence electrons. The first-order valence-electron chi connectivity index (χ1n) is 10.1. The SMILES string of the molecule is CC#CCN(C)[C@H](CNCCC(=O)NC(C)(C)CS(=O)(=O)O)Cc1ccc([N+](=O)[O-])cc1. The molecule has 0 radical (unpaired) electrons. The molecule has 3 N–H and O–H groups in total. The number of likely N-dealkylation sites (N-methyl/N-ethyl adjacent to an activating group) is 1. The van der Waals surface area contributed by atoms with Gasteiger partial charge in [-0.1, -0.05) is 18.1 Å². The Hall–Kier alpha value is -2.52. The van der Waals surface area contributed by atoms with Crippen LogP contribution in [0, 0.1) is 22.0 Å². The standard InChI is InChI=1S/C21H32N4O6S/c1-5-6-13-24(4)19(14-17-7-9-18(10-8-17)25(27)28)15-22-12-11-20(26)23-21(2,3)16-32(29,30)31/h7-10,19,22H,11-16H2,1-4H3,(H,23,26)(H,29,30,31)/t19-/m0/s1. The number of nitro groups is 1. The summed E-state index contributed by atoms with van der Waals surface area (Å²) in [7, 11) is -2.27. The second-order valence-electron chi connectivity index (χ2n) is 8.24. The first-order chi connectivity index (χ1) is 14.8. The molecule has 11 heteroatoms. The van der Waals surface area contributed by atoms with Gasteiger partial charge in [-0.3, -0.25) is 24.4 Å². The van der Waals surface area contributed by atoms with E-state index in [2.05, 4.69) is 27.4 Å². The van der Waals surface area contributed by atoms with E-state index in [1.807, 2.05) is 7.05 Å². The molecule has 0 saturated carbocycles. The van der Waals surface area contributed by atoms with Crippen LogP contribution in [0.4, 0.5) is 5.69 Å². The molecule has 1 amide bonds. The maximum absolute atomic E-state index is 12.1. The van der Waals surface area contributed by atoms with Crippen molar-refractivity contribution in [1.82, 2.24) is 15.5 Å². The van der Waals surface area contributed by atoms with Gasteiger partial charge >= 0.3 is 0 Å². The van der Waals surface area contributed by atoms with Crippen molar-refractivity contribution in [3.8, 4) is 11.8 Å². The molecule has 1 rings (SSSR count). The van der Waals surface area contributed by atoms with Gasteiger partial charge in [-0.25, -0.2) is 0 Å². The fourth-order valence-corrected chi connectivity index (χ4v) is 4.13. The summed E-state index contributed by atoms with van der Waals surface area (Å²) in [6.45, 7) is 6.30. The Labute approximate surface area is 189 Å². The highest BCUT2D eigenvalue weighted by atomic mass is 32.2. The number of rotatable bonds is 13. The lowest BCUT2D eigenvalue weighted by molar-refractivity contribution is -0.384. The van der Waals surface area contributed by atoms with Gasteiger partial charge in [0, 0.05) is 37.7 Å². The van der Waals surface area contributed by atoms with E-state index >= 15 is 0 Å². The van der Waals surface area contributed by atoms with Crippen LogP contribution in [0.3, 0.4) is 0 Å². The lowest BCUT2D eigenvalue weighted by atomic mass is 10.0. The Morgan fingerprint density at radius 1 is 1.31 bits per heavy atom. The number of hydrogen-bond acceptors (Lipinski definition) is 7. The minimum atomic E-state index is -4.20. The molecule has 0 saturated heterocycles. The topological polar surface area (TPSA) is 142 Å². The summed E-state index contributed by atoms with van der Waals surface area (Å²) in [4.78, 5) is 24.6. The van der Waals surface area contributed by atoms with Gasteiger partial charge in [-0.2, -0.15) is 8.42 Å². The Bertz CT molecular complexity index is 935. The quantitative estimate of drug-likeness (QED) is 0.129. The Kier molecular flexibility index (Phi) is 10.7. The average Bonchev–Trinajstić information content (AvgIpc) is 2.66. The van der Waals surface area contributed by atoms with Crippen LogP contribution in [0.15, 0.2) is 24.3 Å². The Balaban J connectivity index is 2.63. The first kappa shape index (κ1) is 27.5. The van der Waals surface area contributed by atoms with E-state index in [0.29, 0.717) is 26.1 Å². The summed E-state index contributed by atoms with van der Waals surface area (Å²) in [5.41, 5.74) is -0.0951. The molecule has 10 nitrogen and oxygen atoms in total. The molecule has 0 fully saturated rings. The van der Waals surface area contributed by atoms with E-state index < -0.39 is 26.3 Å². The second kappa shape index (κ2) is 12.5. The average molecular weight is 469 g/mol. The van der Waals surface area contributed by atoms with E-state index in [1.54, 1.807) is 19.1 Å². The van der Waals surface area contributed by atoms with Crippen LogP contribution in [-0.2, 0) is 21.3 Å². The van der Waals surface area contributed by atoms with Crippen molar-refractivity contribution in [1.29, 1.82) is 0 Å². The van der Waals surface area contributed by atoms with Crippen molar-refractivity contribution < 1.29 is 22.7 Å². The number of benzene rings is 1. The molecular weight excluding hydrogens is 436 g/mol. The molecule has 0 heterocycles. The van der Waals surface area contributed by atoms with Crippen LogP contribution in [0.25, 0.3) is 0 Å². The van der Waals surface area contributed by atoms with Crippen LogP contribution in [0.5, 0.6) is 0 Å². The number of carbonyl (C=O) groups is 1. The molecule has 32 heavy (non-hydrogen) atoms. The molecule has 0 bridgehead atoms. The molecule has 1 aromatic rings. The van der Waals surface area contributed by atoms with Crippen LogP contribution < -0.4 is 10.6 Å². The fourth-order valence-electron chi connectivity index (χ4n) is 3.15. The number of nitrogens with zero attached hydrogens (tertiary/aromatic N) is 2. The van der Waals surface area contributed by atoms with Crippen LogP contribution in [-0.4, -0.2) is 72.7 Å². The van der Waals surface area contributed by atoms with Crippen molar-refractivity contribution in [3.05, 3.63) is 39.9 Å². The van der Waals surface area contributed by atoms with Gasteiger partial charge in [0.1, 0.15) is 0 Å². The highest BCUT2D eigenvalue weighted by Crippen LogP contribution is 2.14. The molecule has 1 aromatic carbocycles. The highest BCUT2D eigenvalue weighted by molar-refractivity contribution is 7.85. The molecule has 0 aliphatic carbocycles. The predicted molar refractivity (Wildman–Crippen MR) is 123 cm³/mol. The van der Waals surface area contributed by atoms with Crippen molar-refractivity contribution in [2.24, 2.45) is 0 Å². The second-order valence-corrected chi connectivity index (χ2v) is 9.69. The smallest absolute Gasteiger partial charge is 0.269 e. The molecule has 0 unspecified atom stereocenters. The summed E-state index contributed by atoms with van der Waals surface area (Å²) < 4.78 is 31.1. The van der Waals surface area contributed by atoms with Gasteiger partial charge in [0.2, 0.25) is 5.91 Å². The van der Waals surface area contributed by atoms with Crippen LogP contribution in [0.1, 0.15) is 32.8 Å². The summed E-state index contributed by atoms with van der Waals surface area (Å²) in [5.74, 6) is 4.97. The Morgan fingerprint density at radius 2 is 1.94 bits per heavy atom. The number of nitro benzene ring substituents is 1. The van der Waals surface area contributed by atoms with Gasteiger partial charge in [-0.05, 0) is 39.8 Å². The van der Waals surface area contributed by atoms with Gasteiger partial charge in [0.05, 0.1) is 22.8 Å². The van der Waals surface area contributed by atoms with Gasteiger partial charge in [0.15, 0.2) is 0 Å². The highest BCUT2D eigenvalue weighted by Gasteiger charge is 2.26. The number of carbonyl (C=O) groups excluding carboxylic acids is 1. The fraction of sp³-hybridized carbons (Fsp3) is 0.571. The lowest BCUT2D eigenvalue weighted by Gasteiger charge is -2.27. The zero-order chi connectivity index (χ0) is 24.4. The van der Waals surface area contributed by atoms with Crippen molar-refractivity contribution >= 4 is 21.7 Å². The predicted octanol–water partition coefficient (Wildman–Crippen LogP) is 1.22. The molecule has 0 spiro atoms. The van der Waals surface area contributed by atoms with E-state index in [9.17, 15) is 23.3 Å². The van der Waals surface area contributed by atoms with E-state index in [0.717, 1.165) is 5.56 Å². The normalized spacial score (nSPS) is 12.7.